The molecular formula is C27H34N2O5S. The third kappa shape index (κ3) is 6.49. The van der Waals surface area contributed by atoms with Crippen molar-refractivity contribution < 1.29 is 22.7 Å². The lowest BCUT2D eigenvalue weighted by molar-refractivity contribution is -0.150. The van der Waals surface area contributed by atoms with E-state index in [1.807, 2.05) is 43.3 Å². The van der Waals surface area contributed by atoms with E-state index in [1.165, 1.54) is 15.4 Å². The molecule has 2 aromatic carbocycles. The summed E-state index contributed by atoms with van der Waals surface area (Å²) in [4.78, 5) is 24.8. The summed E-state index contributed by atoms with van der Waals surface area (Å²) < 4.78 is 32.9. The van der Waals surface area contributed by atoms with Crippen LogP contribution in [0.4, 0.5) is 0 Å². The molecule has 188 valence electrons. The predicted molar refractivity (Wildman–Crippen MR) is 133 cm³/mol. The lowest BCUT2D eigenvalue weighted by atomic mass is 9.98. The van der Waals surface area contributed by atoms with Gasteiger partial charge < -0.3 is 10.1 Å². The zero-order chi connectivity index (χ0) is 24.8. The third-order valence-corrected chi connectivity index (χ3v) is 8.82. The number of aryl methyl sites for hydroxylation is 4. The molecule has 7 nitrogen and oxygen atoms in total. The molecule has 1 fully saturated rings. The first-order valence-electron chi connectivity index (χ1n) is 12.4. The van der Waals surface area contributed by atoms with Crippen LogP contribution in [0.25, 0.3) is 0 Å². The zero-order valence-electron chi connectivity index (χ0n) is 20.3. The molecule has 1 aliphatic heterocycles. The van der Waals surface area contributed by atoms with Gasteiger partial charge in [-0.15, -0.1) is 0 Å². The van der Waals surface area contributed by atoms with Gasteiger partial charge in [0.15, 0.2) is 0 Å². The quantitative estimate of drug-likeness (QED) is 0.424. The number of nitrogens with zero attached hydrogens (tertiary/aromatic N) is 1. The monoisotopic (exact) mass is 498 g/mol. The summed E-state index contributed by atoms with van der Waals surface area (Å²) in [5.74, 6) is -0.723. The summed E-state index contributed by atoms with van der Waals surface area (Å²) in [5, 5.41) is 2.78. The second-order valence-corrected chi connectivity index (χ2v) is 11.4. The molecule has 0 atom stereocenters. The molecule has 1 aliphatic carbocycles. The molecule has 8 heteroatoms. The van der Waals surface area contributed by atoms with Crippen molar-refractivity contribution in [3.63, 3.8) is 0 Å². The third-order valence-electron chi connectivity index (χ3n) is 6.92. The van der Waals surface area contributed by atoms with Crippen molar-refractivity contribution in [1.29, 1.82) is 0 Å². The van der Waals surface area contributed by atoms with Gasteiger partial charge in [-0.1, -0.05) is 35.9 Å². The van der Waals surface area contributed by atoms with Gasteiger partial charge in [-0.05, 0) is 74.3 Å². The first kappa shape index (κ1) is 25.4. The summed E-state index contributed by atoms with van der Waals surface area (Å²) in [6.45, 7) is 3.01. The fourth-order valence-electron chi connectivity index (χ4n) is 4.75. The van der Waals surface area contributed by atoms with Crippen LogP contribution in [0.3, 0.4) is 0 Å². The number of esters is 1. The largest absolute Gasteiger partial charge is 0.464 e. The predicted octanol–water partition coefficient (Wildman–Crippen LogP) is 3.18. The van der Waals surface area contributed by atoms with E-state index in [9.17, 15) is 18.0 Å². The number of fused-ring (bicyclic) bond motifs is 1. The van der Waals surface area contributed by atoms with Gasteiger partial charge in [0.25, 0.3) is 0 Å². The average molecular weight is 499 g/mol. The molecule has 1 amide bonds. The number of benzene rings is 2. The maximum atomic E-state index is 13.1. The Balaban J connectivity index is 1.15. The Labute approximate surface area is 207 Å². The molecule has 1 saturated heterocycles. The average Bonchev–Trinajstić information content (AvgIpc) is 3.34. The first-order chi connectivity index (χ1) is 16.8. The maximum Gasteiger partial charge on any atom is 0.309 e. The molecule has 4 rings (SSSR count). The van der Waals surface area contributed by atoms with Gasteiger partial charge in [0, 0.05) is 19.5 Å². The number of ether oxygens (including phenoxy) is 1. The minimum Gasteiger partial charge on any atom is -0.464 e. The normalized spacial score (nSPS) is 16.6. The number of sulfonamides is 1. The second-order valence-electron chi connectivity index (χ2n) is 9.47. The van der Waals surface area contributed by atoms with Crippen LogP contribution in [-0.4, -0.2) is 50.8 Å². The van der Waals surface area contributed by atoms with E-state index in [-0.39, 0.29) is 30.9 Å². The van der Waals surface area contributed by atoms with E-state index >= 15 is 0 Å². The minimum absolute atomic E-state index is 0.0771. The summed E-state index contributed by atoms with van der Waals surface area (Å²) in [6.07, 6.45) is 4.94. The Morgan fingerprint density at radius 3 is 2.49 bits per heavy atom. The molecule has 0 bridgehead atoms. The summed E-state index contributed by atoms with van der Waals surface area (Å²) in [5.41, 5.74) is 4.67. The molecule has 2 aliphatic rings. The van der Waals surface area contributed by atoms with Crippen LogP contribution in [0, 0.1) is 12.8 Å². The molecular weight excluding hydrogens is 464 g/mol. The van der Waals surface area contributed by atoms with Crippen LogP contribution in [0.2, 0.25) is 0 Å². The number of nitrogens with one attached hydrogen (secondary N) is 1. The van der Waals surface area contributed by atoms with E-state index < -0.39 is 10.0 Å². The van der Waals surface area contributed by atoms with Crippen LogP contribution in [0.5, 0.6) is 0 Å². The van der Waals surface area contributed by atoms with Crippen LogP contribution in [0.1, 0.15) is 47.9 Å². The SMILES string of the molecule is Cc1ccc(CCC(=O)NCCOC(=O)C2CCN(S(=O)(=O)c3ccc4c(c3)CCC4)CC2)cc1. The zero-order valence-corrected chi connectivity index (χ0v) is 21.1. The Morgan fingerprint density at radius 1 is 1.03 bits per heavy atom. The highest BCUT2D eigenvalue weighted by Gasteiger charge is 2.33. The number of carbonyl (C=O) groups is 2. The van der Waals surface area contributed by atoms with Gasteiger partial charge in [-0.2, -0.15) is 4.31 Å². The lowest BCUT2D eigenvalue weighted by Gasteiger charge is -2.30. The standard InChI is InChI=1S/C27H34N2O5S/c1-20-5-7-21(8-6-20)9-12-26(30)28-15-18-34-27(31)23-13-16-29(17-14-23)35(32,33)25-11-10-22-3-2-4-24(22)19-25/h5-8,10-11,19,23H,2-4,9,12-18H2,1H3,(H,28,30). The minimum atomic E-state index is -3.56. The van der Waals surface area contributed by atoms with Gasteiger partial charge in [-0.25, -0.2) is 8.42 Å². The lowest BCUT2D eigenvalue weighted by Crippen LogP contribution is -2.41. The van der Waals surface area contributed by atoms with Crippen molar-refractivity contribution >= 4 is 21.9 Å². The number of hydrogen-bond donors (Lipinski definition) is 1. The van der Waals surface area contributed by atoms with Gasteiger partial charge in [0.05, 0.1) is 17.4 Å². The molecule has 2 aromatic rings. The summed E-state index contributed by atoms with van der Waals surface area (Å²) in [6, 6.07) is 13.5. The van der Waals surface area contributed by atoms with Crippen molar-refractivity contribution in [2.75, 3.05) is 26.2 Å². The Hall–Kier alpha value is -2.71. The molecule has 1 N–H and O–H groups in total. The van der Waals surface area contributed by atoms with Gasteiger partial charge in [0.2, 0.25) is 15.9 Å². The number of piperidine rings is 1. The van der Waals surface area contributed by atoms with Gasteiger partial charge >= 0.3 is 5.97 Å². The highest BCUT2D eigenvalue weighted by molar-refractivity contribution is 7.89. The molecule has 0 unspecified atom stereocenters. The van der Waals surface area contributed by atoms with E-state index in [2.05, 4.69) is 5.32 Å². The van der Waals surface area contributed by atoms with Crippen molar-refractivity contribution in [2.24, 2.45) is 5.92 Å². The van der Waals surface area contributed by atoms with Crippen LogP contribution >= 0.6 is 0 Å². The highest BCUT2D eigenvalue weighted by atomic mass is 32.2. The van der Waals surface area contributed by atoms with Crippen molar-refractivity contribution in [2.45, 2.75) is 56.8 Å². The number of rotatable bonds is 9. The Kier molecular flexibility index (Phi) is 8.23. The van der Waals surface area contributed by atoms with Crippen molar-refractivity contribution in [3.05, 3.63) is 64.7 Å². The van der Waals surface area contributed by atoms with E-state index in [4.69, 9.17) is 4.74 Å². The number of carbonyl (C=O) groups excluding carboxylic acids is 2. The molecule has 0 aromatic heterocycles. The van der Waals surface area contributed by atoms with Crippen molar-refractivity contribution in [3.8, 4) is 0 Å². The van der Waals surface area contributed by atoms with Gasteiger partial charge in [-0.3, -0.25) is 9.59 Å². The smallest absolute Gasteiger partial charge is 0.309 e. The fraction of sp³-hybridized carbons (Fsp3) is 0.481. The maximum absolute atomic E-state index is 13.1. The first-order valence-corrected chi connectivity index (χ1v) is 13.9. The molecule has 35 heavy (non-hydrogen) atoms. The molecule has 0 radical (unpaired) electrons. The molecule has 1 heterocycles. The summed E-state index contributed by atoms with van der Waals surface area (Å²) >= 11 is 0. The Bertz CT molecular complexity index is 1150. The topological polar surface area (TPSA) is 92.8 Å². The van der Waals surface area contributed by atoms with E-state index in [0.717, 1.165) is 30.4 Å². The van der Waals surface area contributed by atoms with Crippen LogP contribution < -0.4 is 5.32 Å². The van der Waals surface area contributed by atoms with E-state index in [1.54, 1.807) is 6.07 Å². The fourth-order valence-corrected chi connectivity index (χ4v) is 6.27. The second kappa shape index (κ2) is 11.4. The van der Waals surface area contributed by atoms with Crippen LogP contribution in [-0.2, 0) is 43.6 Å². The van der Waals surface area contributed by atoms with E-state index in [0.29, 0.717) is 43.7 Å². The van der Waals surface area contributed by atoms with Gasteiger partial charge in [0.1, 0.15) is 6.61 Å². The Morgan fingerprint density at radius 2 is 1.74 bits per heavy atom. The number of amides is 1. The highest BCUT2D eigenvalue weighted by Crippen LogP contribution is 2.28. The molecule has 0 spiro atoms. The van der Waals surface area contributed by atoms with Crippen molar-refractivity contribution in [1.82, 2.24) is 9.62 Å². The number of hydrogen-bond acceptors (Lipinski definition) is 5. The molecule has 0 saturated carbocycles. The summed E-state index contributed by atoms with van der Waals surface area (Å²) in [7, 11) is -3.56. The van der Waals surface area contributed by atoms with Crippen LogP contribution in [0.15, 0.2) is 47.4 Å².